The van der Waals surface area contributed by atoms with Crippen LogP contribution in [0, 0.1) is 0 Å². The zero-order valence-corrected chi connectivity index (χ0v) is 12.6. The lowest BCUT2D eigenvalue weighted by atomic mass is 9.97. The van der Waals surface area contributed by atoms with E-state index in [4.69, 9.17) is 5.73 Å². The van der Waals surface area contributed by atoms with E-state index in [0.717, 1.165) is 12.8 Å². The quantitative estimate of drug-likeness (QED) is 0.711. The van der Waals surface area contributed by atoms with Crippen molar-refractivity contribution >= 4 is 10.0 Å². The Balaban J connectivity index is 2.68. The Bertz CT molecular complexity index is 344. The maximum absolute atomic E-state index is 12.1. The highest BCUT2D eigenvalue weighted by Gasteiger charge is 2.37. The molecule has 0 aromatic heterocycles. The highest BCUT2D eigenvalue weighted by Crippen LogP contribution is 2.33. The Labute approximate surface area is 111 Å². The van der Waals surface area contributed by atoms with Crippen molar-refractivity contribution in [3.63, 3.8) is 0 Å². The van der Waals surface area contributed by atoms with Crippen LogP contribution in [0.15, 0.2) is 0 Å². The molecule has 1 rings (SSSR count). The Morgan fingerprint density at radius 1 is 1.33 bits per heavy atom. The number of likely N-dealkylation sites (N-methyl/N-ethyl adjacent to an activating group) is 1. The summed E-state index contributed by atoms with van der Waals surface area (Å²) < 4.78 is 27.0. The molecular formula is C12H27N3O2S. The first-order chi connectivity index (χ1) is 8.38. The molecule has 1 unspecified atom stereocenters. The minimum absolute atomic E-state index is 0.0139. The fourth-order valence-corrected chi connectivity index (χ4v) is 4.08. The maximum atomic E-state index is 12.1. The second kappa shape index (κ2) is 6.32. The van der Waals surface area contributed by atoms with Crippen LogP contribution in [0.2, 0.25) is 0 Å². The highest BCUT2D eigenvalue weighted by molar-refractivity contribution is 7.90. The minimum Gasteiger partial charge on any atom is -0.329 e. The molecule has 0 bridgehead atoms. The van der Waals surface area contributed by atoms with Crippen LogP contribution in [0.3, 0.4) is 0 Å². The summed E-state index contributed by atoms with van der Waals surface area (Å²) in [6.07, 6.45) is 5.02. The lowest BCUT2D eigenvalue weighted by Gasteiger charge is -2.36. The van der Waals surface area contributed by atoms with E-state index in [2.05, 4.69) is 9.62 Å². The van der Waals surface area contributed by atoms with E-state index in [1.165, 1.54) is 12.8 Å². The normalized spacial score (nSPS) is 21.4. The number of rotatable bonds is 7. The van der Waals surface area contributed by atoms with Gasteiger partial charge in [-0.3, -0.25) is 0 Å². The van der Waals surface area contributed by atoms with Gasteiger partial charge in [-0.2, -0.15) is 0 Å². The average Bonchev–Trinajstić information content (AvgIpc) is 2.78. The Hall–Kier alpha value is -0.170. The molecule has 108 valence electrons. The first kappa shape index (κ1) is 15.9. The van der Waals surface area contributed by atoms with Gasteiger partial charge < -0.3 is 10.6 Å². The third-order valence-corrected chi connectivity index (χ3v) is 6.19. The van der Waals surface area contributed by atoms with Crippen LogP contribution in [0.1, 0.15) is 39.0 Å². The SMILES string of the molecule is CCC(CN)S(=O)(=O)NCC1(N(C)C)CCCC1. The van der Waals surface area contributed by atoms with Crippen LogP contribution in [-0.2, 0) is 10.0 Å². The molecule has 0 aliphatic heterocycles. The smallest absolute Gasteiger partial charge is 0.215 e. The van der Waals surface area contributed by atoms with E-state index in [0.29, 0.717) is 13.0 Å². The first-order valence-corrected chi connectivity index (χ1v) is 8.28. The summed E-state index contributed by atoms with van der Waals surface area (Å²) in [4.78, 5) is 2.16. The summed E-state index contributed by atoms with van der Waals surface area (Å²) in [7, 11) is 0.772. The highest BCUT2D eigenvalue weighted by atomic mass is 32.2. The van der Waals surface area contributed by atoms with Gasteiger partial charge in [0.15, 0.2) is 0 Å². The summed E-state index contributed by atoms with van der Waals surface area (Å²) in [5.41, 5.74) is 5.50. The zero-order chi connectivity index (χ0) is 13.8. The van der Waals surface area contributed by atoms with Gasteiger partial charge in [-0.05, 0) is 33.4 Å². The van der Waals surface area contributed by atoms with Gasteiger partial charge in [-0.25, -0.2) is 13.1 Å². The van der Waals surface area contributed by atoms with Gasteiger partial charge >= 0.3 is 0 Å². The lowest BCUT2D eigenvalue weighted by Crippen LogP contribution is -2.52. The molecule has 1 fully saturated rings. The van der Waals surface area contributed by atoms with E-state index >= 15 is 0 Å². The van der Waals surface area contributed by atoms with Crippen molar-refractivity contribution in [1.82, 2.24) is 9.62 Å². The van der Waals surface area contributed by atoms with Crippen molar-refractivity contribution < 1.29 is 8.42 Å². The van der Waals surface area contributed by atoms with Crippen molar-refractivity contribution in [3.8, 4) is 0 Å². The standard InChI is InChI=1S/C12H27N3O2S/c1-4-11(9-13)18(16,17)14-10-12(15(2)3)7-5-6-8-12/h11,14H,4-10,13H2,1-3H3. The van der Waals surface area contributed by atoms with Gasteiger partial charge in [0.05, 0.1) is 5.25 Å². The predicted molar refractivity (Wildman–Crippen MR) is 74.9 cm³/mol. The van der Waals surface area contributed by atoms with Crippen LogP contribution in [0.5, 0.6) is 0 Å². The number of nitrogens with two attached hydrogens (primary N) is 1. The molecule has 0 spiro atoms. The molecule has 3 N–H and O–H groups in total. The van der Waals surface area contributed by atoms with Crippen LogP contribution in [0.4, 0.5) is 0 Å². The van der Waals surface area contributed by atoms with Crippen LogP contribution < -0.4 is 10.5 Å². The van der Waals surface area contributed by atoms with Crippen molar-refractivity contribution in [3.05, 3.63) is 0 Å². The molecule has 1 aliphatic rings. The van der Waals surface area contributed by atoms with Crippen molar-refractivity contribution in [2.24, 2.45) is 5.73 Å². The molecule has 1 aliphatic carbocycles. The molecule has 18 heavy (non-hydrogen) atoms. The van der Waals surface area contributed by atoms with Gasteiger partial charge in [0.25, 0.3) is 0 Å². The third kappa shape index (κ3) is 3.44. The third-order valence-electron chi connectivity index (χ3n) is 4.24. The van der Waals surface area contributed by atoms with Crippen LogP contribution in [-0.4, -0.2) is 51.3 Å². The molecule has 5 nitrogen and oxygen atoms in total. The maximum Gasteiger partial charge on any atom is 0.215 e. The van der Waals surface area contributed by atoms with Crippen LogP contribution in [0.25, 0.3) is 0 Å². The Morgan fingerprint density at radius 2 is 1.89 bits per heavy atom. The summed E-state index contributed by atoms with van der Waals surface area (Å²) in [5.74, 6) is 0. The second-order valence-corrected chi connectivity index (χ2v) is 7.50. The largest absolute Gasteiger partial charge is 0.329 e. The fraction of sp³-hybridized carbons (Fsp3) is 1.00. The Kier molecular flexibility index (Phi) is 5.58. The van der Waals surface area contributed by atoms with Gasteiger partial charge in [0.1, 0.15) is 0 Å². The first-order valence-electron chi connectivity index (χ1n) is 6.74. The number of sulfonamides is 1. The summed E-state index contributed by atoms with van der Waals surface area (Å²) in [5, 5.41) is -0.474. The van der Waals surface area contributed by atoms with Gasteiger partial charge in [0.2, 0.25) is 10.0 Å². The molecular weight excluding hydrogens is 250 g/mol. The van der Waals surface area contributed by atoms with E-state index in [9.17, 15) is 8.42 Å². The predicted octanol–water partition coefficient (Wildman–Crippen LogP) is 0.518. The Morgan fingerprint density at radius 3 is 2.28 bits per heavy atom. The summed E-state index contributed by atoms with van der Waals surface area (Å²) >= 11 is 0. The lowest BCUT2D eigenvalue weighted by molar-refractivity contribution is 0.161. The van der Waals surface area contributed by atoms with Crippen molar-refractivity contribution in [2.45, 2.75) is 49.8 Å². The second-order valence-electron chi connectivity index (χ2n) is 5.46. The molecule has 1 saturated carbocycles. The molecule has 0 aromatic carbocycles. The number of hydrogen-bond acceptors (Lipinski definition) is 4. The molecule has 0 amide bonds. The molecule has 0 heterocycles. The molecule has 6 heteroatoms. The average molecular weight is 277 g/mol. The molecule has 1 atom stereocenters. The van der Waals surface area contributed by atoms with E-state index in [1.807, 2.05) is 21.0 Å². The molecule has 0 aromatic rings. The number of nitrogens with zero attached hydrogens (tertiary/aromatic N) is 1. The summed E-state index contributed by atoms with van der Waals surface area (Å²) in [6, 6.07) is 0. The number of nitrogens with one attached hydrogen (secondary N) is 1. The van der Waals surface area contributed by atoms with Crippen molar-refractivity contribution in [1.29, 1.82) is 0 Å². The summed E-state index contributed by atoms with van der Waals surface area (Å²) in [6.45, 7) is 2.54. The zero-order valence-electron chi connectivity index (χ0n) is 11.8. The van der Waals surface area contributed by atoms with Gasteiger partial charge in [-0.1, -0.05) is 19.8 Å². The van der Waals surface area contributed by atoms with Gasteiger partial charge in [-0.15, -0.1) is 0 Å². The van der Waals surface area contributed by atoms with E-state index in [1.54, 1.807) is 0 Å². The minimum atomic E-state index is -3.28. The number of hydrogen-bond donors (Lipinski definition) is 2. The monoisotopic (exact) mass is 277 g/mol. The van der Waals surface area contributed by atoms with Crippen LogP contribution >= 0.6 is 0 Å². The van der Waals surface area contributed by atoms with E-state index < -0.39 is 15.3 Å². The van der Waals surface area contributed by atoms with Gasteiger partial charge in [0, 0.05) is 18.6 Å². The van der Waals surface area contributed by atoms with E-state index in [-0.39, 0.29) is 12.1 Å². The fourth-order valence-electron chi connectivity index (χ4n) is 2.68. The topological polar surface area (TPSA) is 75.4 Å². The van der Waals surface area contributed by atoms with Crippen molar-refractivity contribution in [2.75, 3.05) is 27.2 Å². The molecule has 0 radical (unpaired) electrons. The molecule has 0 saturated heterocycles.